The number of carbonyl (C=O) groups is 1. The lowest BCUT2D eigenvalue weighted by molar-refractivity contribution is 0.0838. The number of carbonyl (C=O) groups excluding carboxylic acids is 1. The molecule has 170 valence electrons. The highest BCUT2D eigenvalue weighted by Crippen LogP contribution is 2.48. The Bertz CT molecular complexity index is 1090. The van der Waals surface area contributed by atoms with Gasteiger partial charge in [-0.15, -0.1) is 0 Å². The second kappa shape index (κ2) is 8.86. The number of ketones is 1. The molecule has 5 N–H and O–H groups in total. The van der Waals surface area contributed by atoms with E-state index in [1.807, 2.05) is 20.8 Å². The molecule has 1 aliphatic rings. The molecule has 0 radical (unpaired) electrons. The van der Waals surface area contributed by atoms with Crippen LogP contribution in [-0.2, 0) is 6.42 Å². The topological polar surface area (TPSA) is 127 Å². The van der Waals surface area contributed by atoms with Crippen LogP contribution in [0.25, 0.3) is 0 Å². The number of fused-ring (bicyclic) bond motifs is 1. The van der Waals surface area contributed by atoms with Gasteiger partial charge in [0.15, 0.2) is 5.78 Å². The van der Waals surface area contributed by atoms with Crippen LogP contribution < -0.4 is 4.74 Å². The summed E-state index contributed by atoms with van der Waals surface area (Å²) in [5.74, 6) is -2.33. The van der Waals surface area contributed by atoms with Gasteiger partial charge in [-0.05, 0) is 39.5 Å². The van der Waals surface area contributed by atoms with Gasteiger partial charge in [0.2, 0.25) is 0 Å². The maximum Gasteiger partial charge on any atom is 0.174 e. The van der Waals surface area contributed by atoms with E-state index in [1.165, 1.54) is 6.07 Å². The Morgan fingerprint density at radius 1 is 1.09 bits per heavy atom. The average Bonchev–Trinajstić information content (AvgIpc) is 2.65. The molecule has 2 aromatic carbocycles. The summed E-state index contributed by atoms with van der Waals surface area (Å²) in [7, 11) is 0. The van der Waals surface area contributed by atoms with Gasteiger partial charge in [-0.2, -0.15) is 0 Å². The maximum atomic E-state index is 12.9. The van der Waals surface area contributed by atoms with Crippen molar-refractivity contribution in [3.63, 3.8) is 0 Å². The minimum absolute atomic E-state index is 0.0435. The number of rotatable bonds is 6. The predicted octanol–water partition coefficient (Wildman–Crippen LogP) is 5.01. The summed E-state index contributed by atoms with van der Waals surface area (Å²) >= 11 is 0. The number of phenolic OH excluding ortho intramolecular Hbond substituents is 5. The van der Waals surface area contributed by atoms with Crippen LogP contribution in [0.15, 0.2) is 42.0 Å². The van der Waals surface area contributed by atoms with Gasteiger partial charge in [0.05, 0.1) is 12.0 Å². The smallest absolute Gasteiger partial charge is 0.174 e. The van der Waals surface area contributed by atoms with E-state index in [9.17, 15) is 30.3 Å². The van der Waals surface area contributed by atoms with E-state index in [-0.39, 0.29) is 52.0 Å². The first-order chi connectivity index (χ1) is 15.0. The highest BCUT2D eigenvalue weighted by molar-refractivity contribution is 6.03. The van der Waals surface area contributed by atoms with Crippen LogP contribution in [-0.4, -0.2) is 31.3 Å². The quantitative estimate of drug-likeness (QED) is 0.399. The summed E-state index contributed by atoms with van der Waals surface area (Å²) in [5, 5.41) is 51.2. The summed E-state index contributed by atoms with van der Waals surface area (Å²) in [6.07, 6.45) is 1.72. The van der Waals surface area contributed by atoms with E-state index in [4.69, 9.17) is 4.74 Å². The molecule has 0 saturated heterocycles. The molecule has 2 aromatic rings. The van der Waals surface area contributed by atoms with Crippen LogP contribution in [0.1, 0.15) is 61.2 Å². The number of phenols is 5. The third-order valence-electron chi connectivity index (χ3n) is 5.67. The van der Waals surface area contributed by atoms with Crippen molar-refractivity contribution in [2.45, 2.75) is 46.1 Å². The second-order valence-electron chi connectivity index (χ2n) is 8.49. The van der Waals surface area contributed by atoms with Gasteiger partial charge in [0, 0.05) is 23.8 Å². The first kappa shape index (κ1) is 23.1. The Kier molecular flexibility index (Phi) is 6.39. The van der Waals surface area contributed by atoms with Gasteiger partial charge in [-0.1, -0.05) is 23.8 Å². The summed E-state index contributed by atoms with van der Waals surface area (Å²) in [4.78, 5) is 12.9. The lowest BCUT2D eigenvalue weighted by Gasteiger charge is -2.28. The molecule has 0 bridgehead atoms. The van der Waals surface area contributed by atoms with Crippen LogP contribution in [0.5, 0.6) is 34.5 Å². The Morgan fingerprint density at radius 3 is 2.28 bits per heavy atom. The first-order valence-electron chi connectivity index (χ1n) is 10.3. The van der Waals surface area contributed by atoms with Crippen molar-refractivity contribution >= 4 is 5.78 Å². The number of allylic oxidation sites excluding steroid dienone is 3. The summed E-state index contributed by atoms with van der Waals surface area (Å²) in [5.41, 5.74) is 2.17. The number of aromatic hydroxyl groups is 5. The Labute approximate surface area is 186 Å². The molecule has 1 unspecified atom stereocenters. The molecule has 0 aromatic heterocycles. The lowest BCUT2D eigenvalue weighted by Crippen LogP contribution is -2.21. The fourth-order valence-electron chi connectivity index (χ4n) is 3.88. The summed E-state index contributed by atoms with van der Waals surface area (Å²) in [6.45, 7) is 9.86. The van der Waals surface area contributed by atoms with Gasteiger partial charge >= 0.3 is 0 Å². The maximum absolute atomic E-state index is 12.9. The molecule has 32 heavy (non-hydrogen) atoms. The Balaban J connectivity index is 1.98. The third kappa shape index (κ3) is 4.51. The zero-order valence-electron chi connectivity index (χ0n) is 18.3. The van der Waals surface area contributed by atoms with E-state index in [2.05, 4.69) is 12.7 Å². The number of Topliss-reactive ketones (excluding diaryl/α,β-unsaturated/α-hetero) is 1. The van der Waals surface area contributed by atoms with Crippen molar-refractivity contribution in [1.82, 2.24) is 0 Å². The fraction of sp³-hybridized carbons (Fsp3) is 0.320. The molecule has 0 aliphatic carbocycles. The number of benzene rings is 2. The van der Waals surface area contributed by atoms with Crippen LogP contribution in [0, 0.1) is 5.92 Å². The van der Waals surface area contributed by atoms with E-state index >= 15 is 0 Å². The van der Waals surface area contributed by atoms with E-state index < -0.39 is 23.4 Å². The predicted molar refractivity (Wildman–Crippen MR) is 120 cm³/mol. The highest BCUT2D eigenvalue weighted by atomic mass is 16.5. The Hall–Kier alpha value is -3.61. The molecule has 7 nitrogen and oxygen atoms in total. The summed E-state index contributed by atoms with van der Waals surface area (Å²) in [6, 6.07) is 3.32. The van der Waals surface area contributed by atoms with E-state index in [1.54, 1.807) is 0 Å². The Morgan fingerprint density at radius 2 is 1.72 bits per heavy atom. The first-order valence-corrected chi connectivity index (χ1v) is 10.3. The molecular weight excluding hydrogens is 412 g/mol. The van der Waals surface area contributed by atoms with Gasteiger partial charge < -0.3 is 30.3 Å². The van der Waals surface area contributed by atoms with Gasteiger partial charge in [0.1, 0.15) is 46.2 Å². The third-order valence-corrected chi connectivity index (χ3v) is 5.67. The minimum atomic E-state index is -1.05. The van der Waals surface area contributed by atoms with Crippen molar-refractivity contribution in [2.24, 2.45) is 5.92 Å². The van der Waals surface area contributed by atoms with E-state index in [0.717, 1.165) is 23.3 Å². The second-order valence-corrected chi connectivity index (χ2v) is 8.49. The molecule has 0 spiro atoms. The molecule has 0 saturated carbocycles. The van der Waals surface area contributed by atoms with Crippen molar-refractivity contribution < 1.29 is 35.1 Å². The zero-order chi connectivity index (χ0) is 23.7. The normalized spacial score (nSPS) is 16.1. The molecule has 2 atom stereocenters. The standard InChI is InChI=1S/C25H28O7/c1-12(2)5-6-14(13(3)4)7-16-17(27)10-22-24(25(16)31)20(30)11-21(32-22)23-18(28)8-15(26)9-19(23)29/h5,8-10,14,21,26-29,31H,3,6-7,11H2,1-2,4H3/t14?,21-/m0/s1. The van der Waals surface area contributed by atoms with Crippen molar-refractivity contribution in [3.8, 4) is 34.5 Å². The van der Waals surface area contributed by atoms with Crippen molar-refractivity contribution in [2.75, 3.05) is 0 Å². The van der Waals surface area contributed by atoms with E-state index in [0.29, 0.717) is 12.8 Å². The lowest BCUT2D eigenvalue weighted by atomic mass is 9.86. The molecule has 3 rings (SSSR count). The van der Waals surface area contributed by atoms with Crippen LogP contribution in [0.3, 0.4) is 0 Å². The highest BCUT2D eigenvalue weighted by Gasteiger charge is 2.35. The molecule has 0 fully saturated rings. The van der Waals surface area contributed by atoms with Crippen LogP contribution in [0.2, 0.25) is 0 Å². The molecule has 1 aliphatic heterocycles. The average molecular weight is 440 g/mol. The SMILES string of the molecule is C=C(C)C(CC=C(C)C)Cc1c(O)cc2c(c1O)C(=O)C[C@@H](c1c(O)cc(O)cc1O)O2. The number of hydrogen-bond acceptors (Lipinski definition) is 7. The van der Waals surface area contributed by atoms with Crippen molar-refractivity contribution in [3.05, 3.63) is 58.7 Å². The fourth-order valence-corrected chi connectivity index (χ4v) is 3.88. The number of hydrogen-bond donors (Lipinski definition) is 5. The van der Waals surface area contributed by atoms with Gasteiger partial charge in [0.25, 0.3) is 0 Å². The molecule has 7 heteroatoms. The zero-order valence-corrected chi connectivity index (χ0v) is 18.3. The van der Waals surface area contributed by atoms with Crippen molar-refractivity contribution in [1.29, 1.82) is 0 Å². The van der Waals surface area contributed by atoms with Crippen LogP contribution >= 0.6 is 0 Å². The largest absolute Gasteiger partial charge is 0.508 e. The monoisotopic (exact) mass is 440 g/mol. The summed E-state index contributed by atoms with van der Waals surface area (Å²) < 4.78 is 5.77. The van der Waals surface area contributed by atoms with Crippen LogP contribution in [0.4, 0.5) is 0 Å². The molecule has 1 heterocycles. The molecule has 0 amide bonds. The van der Waals surface area contributed by atoms with Gasteiger partial charge in [-0.3, -0.25) is 4.79 Å². The van der Waals surface area contributed by atoms with Gasteiger partial charge in [-0.25, -0.2) is 0 Å². The number of ether oxygens (including phenoxy) is 1. The molecular formula is C25H28O7. The minimum Gasteiger partial charge on any atom is -0.508 e.